The summed E-state index contributed by atoms with van der Waals surface area (Å²) in [5.41, 5.74) is 0.445. The number of fused-ring (bicyclic) bond motifs is 1. The Kier molecular flexibility index (Phi) is 3.87. The number of aromatic nitrogens is 3. The lowest BCUT2D eigenvalue weighted by Crippen LogP contribution is -3.00. The van der Waals surface area contributed by atoms with Gasteiger partial charge in [-0.1, -0.05) is 11.8 Å². The number of hydrogen-bond acceptors (Lipinski definition) is 3. The minimum Gasteiger partial charge on any atom is -1.00 e. The van der Waals surface area contributed by atoms with Crippen molar-refractivity contribution in [3.63, 3.8) is 0 Å². The summed E-state index contributed by atoms with van der Waals surface area (Å²) < 4.78 is 1.57. The van der Waals surface area contributed by atoms with E-state index in [2.05, 4.69) is 10.1 Å². The molecular weight excluding hydrogens is 313 g/mol. The van der Waals surface area contributed by atoms with Crippen LogP contribution in [0.2, 0.25) is 0 Å². The number of rotatable bonds is 1. The quantitative estimate of drug-likeness (QED) is 0.352. The van der Waals surface area contributed by atoms with Gasteiger partial charge in [0.1, 0.15) is 0 Å². The number of aromatic amines is 1. The molecule has 1 N–H and O–H groups in total. The fourth-order valence-electron chi connectivity index (χ4n) is 1.08. The van der Waals surface area contributed by atoms with Crippen molar-refractivity contribution in [2.24, 2.45) is 0 Å². The van der Waals surface area contributed by atoms with Crippen LogP contribution in [-0.2, 0) is 0 Å². The van der Waals surface area contributed by atoms with Gasteiger partial charge in [-0.3, -0.25) is 9.78 Å². The van der Waals surface area contributed by atoms with Gasteiger partial charge in [-0.05, 0) is 16.8 Å². The lowest BCUT2D eigenvalue weighted by Gasteiger charge is -1.90. The molecule has 0 saturated heterocycles. The highest BCUT2D eigenvalue weighted by molar-refractivity contribution is 7.98. The van der Waals surface area contributed by atoms with Crippen LogP contribution in [0.3, 0.4) is 0 Å². The molecule has 2 rings (SSSR count). The summed E-state index contributed by atoms with van der Waals surface area (Å²) in [6.07, 6.45) is 3.62. The molecule has 0 fully saturated rings. The van der Waals surface area contributed by atoms with E-state index in [4.69, 9.17) is 0 Å². The van der Waals surface area contributed by atoms with Crippen LogP contribution in [-0.4, -0.2) is 16.3 Å². The van der Waals surface area contributed by atoms with E-state index >= 15 is 0 Å². The Morgan fingerprint density at radius 3 is 3.00 bits per heavy atom. The Morgan fingerprint density at radius 2 is 2.29 bits per heavy atom. The van der Waals surface area contributed by atoms with Crippen molar-refractivity contribution in [3.8, 4) is 0 Å². The first kappa shape index (κ1) is 11.4. The molecule has 0 aliphatic rings. The predicted molar refractivity (Wildman–Crippen MR) is 49.8 cm³/mol. The fraction of sp³-hybridized carbons (Fsp3) is 0.125. The molecule has 14 heavy (non-hydrogen) atoms. The van der Waals surface area contributed by atoms with Crippen LogP contribution in [0.1, 0.15) is 0 Å². The first-order chi connectivity index (χ1) is 6.31. The lowest BCUT2D eigenvalue weighted by atomic mass is 10.4. The van der Waals surface area contributed by atoms with Crippen molar-refractivity contribution in [2.75, 3.05) is 6.26 Å². The third-order valence-electron chi connectivity index (χ3n) is 1.68. The van der Waals surface area contributed by atoms with Gasteiger partial charge in [0.2, 0.25) is 11.4 Å². The largest absolute Gasteiger partial charge is 1.00 e. The number of thioether (sulfide) groups is 1. The van der Waals surface area contributed by atoms with Gasteiger partial charge in [-0.15, -0.1) is 0 Å². The summed E-state index contributed by atoms with van der Waals surface area (Å²) in [6.45, 7) is 0. The fourth-order valence-corrected chi connectivity index (χ4v) is 1.44. The topological polar surface area (TPSA) is 49.9 Å². The van der Waals surface area contributed by atoms with Crippen molar-refractivity contribution >= 4 is 17.3 Å². The maximum absolute atomic E-state index is 11.4. The number of halogens is 1. The zero-order valence-corrected chi connectivity index (χ0v) is 10.4. The molecule has 0 unspecified atom stereocenters. The molecule has 6 heteroatoms. The summed E-state index contributed by atoms with van der Waals surface area (Å²) in [4.78, 5) is 14.1. The summed E-state index contributed by atoms with van der Waals surface area (Å²) in [5.74, 6) is 0. The molecule has 4 nitrogen and oxygen atoms in total. The molecule has 0 saturated carbocycles. The van der Waals surface area contributed by atoms with Crippen LogP contribution in [0, 0.1) is 0 Å². The normalized spacial score (nSPS) is 9.79. The monoisotopic (exact) mass is 321 g/mol. The maximum atomic E-state index is 11.4. The van der Waals surface area contributed by atoms with Gasteiger partial charge in [0, 0.05) is 17.2 Å². The molecule has 0 bridgehead atoms. The van der Waals surface area contributed by atoms with Crippen LogP contribution in [0.25, 0.3) is 5.52 Å². The van der Waals surface area contributed by atoms with Crippen molar-refractivity contribution in [3.05, 3.63) is 34.7 Å². The molecule has 0 amide bonds. The standard InChI is InChI=1S/C8H7N3OS.HI/c1-13-8-9-7(12)6-4-2-3-5-11(6)10-8;/h2-5H,1H3;1H. The van der Waals surface area contributed by atoms with Crippen LogP contribution >= 0.6 is 11.8 Å². The van der Waals surface area contributed by atoms with E-state index in [1.165, 1.54) is 11.8 Å². The Hall–Kier alpha value is -0.630. The van der Waals surface area contributed by atoms with Gasteiger partial charge < -0.3 is 24.0 Å². The second-order valence-corrected chi connectivity index (χ2v) is 3.29. The average molecular weight is 321 g/mol. The van der Waals surface area contributed by atoms with E-state index in [1.54, 1.807) is 16.8 Å². The van der Waals surface area contributed by atoms with Gasteiger partial charge in [0.05, 0.1) is 0 Å². The van der Waals surface area contributed by atoms with Crippen molar-refractivity contribution in [1.82, 2.24) is 10.1 Å². The highest BCUT2D eigenvalue weighted by atomic mass is 127. The second kappa shape index (κ2) is 4.74. The minimum absolute atomic E-state index is 0. The maximum Gasteiger partial charge on any atom is 0.325 e. The summed E-state index contributed by atoms with van der Waals surface area (Å²) in [7, 11) is 0. The van der Waals surface area contributed by atoms with Crippen molar-refractivity contribution in [1.29, 1.82) is 0 Å². The number of nitrogens with one attached hydrogen (secondary N) is 1. The Balaban J connectivity index is 0.000000980. The average Bonchev–Trinajstić information content (AvgIpc) is 2.18. The summed E-state index contributed by atoms with van der Waals surface area (Å²) in [6, 6.07) is 5.38. The van der Waals surface area contributed by atoms with Crippen LogP contribution in [0.5, 0.6) is 0 Å². The van der Waals surface area contributed by atoms with Crippen LogP contribution in [0.4, 0.5) is 0 Å². The van der Waals surface area contributed by atoms with E-state index in [0.717, 1.165) is 0 Å². The predicted octanol–water partition coefficient (Wildman–Crippen LogP) is -2.77. The first-order valence-electron chi connectivity index (χ1n) is 3.76. The van der Waals surface area contributed by atoms with E-state index in [1.807, 2.05) is 18.4 Å². The molecule has 0 atom stereocenters. The van der Waals surface area contributed by atoms with Crippen molar-refractivity contribution in [2.45, 2.75) is 5.16 Å². The molecule has 2 aromatic heterocycles. The minimum atomic E-state index is -0.111. The summed E-state index contributed by atoms with van der Waals surface area (Å²) >= 11 is 1.41. The molecule has 0 aromatic carbocycles. The van der Waals surface area contributed by atoms with Crippen molar-refractivity contribution < 1.29 is 28.5 Å². The third kappa shape index (κ3) is 2.06. The number of nitrogens with zero attached hydrogens (tertiary/aromatic N) is 2. The molecule has 0 radical (unpaired) electrons. The zero-order chi connectivity index (χ0) is 9.26. The molecule has 0 aliphatic heterocycles. The number of hydrogen-bond donors (Lipinski definition) is 1. The van der Waals surface area contributed by atoms with E-state index in [9.17, 15) is 4.79 Å². The molecule has 0 spiro atoms. The molecule has 74 valence electrons. The Labute approximate surface area is 102 Å². The SMILES string of the molecule is CSc1n[n+]2ccccc2c(=O)[nH]1.[I-]. The van der Waals surface area contributed by atoms with Crippen LogP contribution < -0.4 is 34.1 Å². The first-order valence-corrected chi connectivity index (χ1v) is 4.99. The van der Waals surface area contributed by atoms with E-state index < -0.39 is 0 Å². The number of pyridine rings is 1. The Morgan fingerprint density at radius 1 is 1.50 bits per heavy atom. The third-order valence-corrected chi connectivity index (χ3v) is 2.25. The van der Waals surface area contributed by atoms with Gasteiger partial charge in [0.15, 0.2) is 0 Å². The van der Waals surface area contributed by atoms with Gasteiger partial charge in [-0.2, -0.15) is 0 Å². The van der Waals surface area contributed by atoms with Gasteiger partial charge in [-0.25, -0.2) is 0 Å². The lowest BCUT2D eigenvalue weighted by molar-refractivity contribution is -0.586. The second-order valence-electron chi connectivity index (χ2n) is 2.49. The van der Waals surface area contributed by atoms with E-state index in [0.29, 0.717) is 10.7 Å². The highest BCUT2D eigenvalue weighted by Gasteiger charge is 2.09. The van der Waals surface area contributed by atoms with Gasteiger partial charge in [0.25, 0.3) is 0 Å². The zero-order valence-electron chi connectivity index (χ0n) is 7.40. The van der Waals surface area contributed by atoms with E-state index in [-0.39, 0.29) is 29.5 Å². The molecule has 0 aliphatic carbocycles. The molecular formula is C8H8IN3OS. The van der Waals surface area contributed by atoms with Crippen LogP contribution in [0.15, 0.2) is 34.3 Å². The smallest absolute Gasteiger partial charge is 0.325 e. The molecule has 2 heterocycles. The Bertz CT molecular complexity index is 499. The highest BCUT2D eigenvalue weighted by Crippen LogP contribution is 2.01. The molecule has 2 aromatic rings. The number of H-pyrrole nitrogens is 1. The van der Waals surface area contributed by atoms with Gasteiger partial charge >= 0.3 is 11.1 Å². The summed E-state index contributed by atoms with van der Waals surface area (Å²) in [5, 5.41) is 4.80.